The van der Waals surface area contributed by atoms with Crippen LogP contribution in [0.25, 0.3) is 21.9 Å². The molecule has 0 aliphatic carbocycles. The molecule has 3 aromatic rings. The molecule has 0 radical (unpaired) electrons. The van der Waals surface area contributed by atoms with Gasteiger partial charge in [-0.1, -0.05) is 12.1 Å². The first-order valence-electron chi connectivity index (χ1n) is 7.72. The van der Waals surface area contributed by atoms with Gasteiger partial charge < -0.3 is 0 Å². The second-order valence-electron chi connectivity index (χ2n) is 5.93. The Bertz CT molecular complexity index is 1200. The predicted molar refractivity (Wildman–Crippen MR) is 94.5 cm³/mol. The summed E-state index contributed by atoms with van der Waals surface area (Å²) in [6.07, 6.45) is 0. The van der Waals surface area contributed by atoms with E-state index >= 15 is 0 Å². The van der Waals surface area contributed by atoms with Crippen LogP contribution in [0.5, 0.6) is 0 Å². The fourth-order valence-corrected chi connectivity index (χ4v) is 3.20. The van der Waals surface area contributed by atoms with Gasteiger partial charge >= 0.3 is 11.4 Å². The van der Waals surface area contributed by atoms with Crippen molar-refractivity contribution in [1.82, 2.24) is 5.32 Å². The lowest BCUT2D eigenvalue weighted by Crippen LogP contribution is -2.34. The van der Waals surface area contributed by atoms with E-state index in [1.165, 1.54) is 12.1 Å². The van der Waals surface area contributed by atoms with Crippen molar-refractivity contribution >= 4 is 34.0 Å². The van der Waals surface area contributed by atoms with Gasteiger partial charge in [-0.2, -0.15) is 0 Å². The molecule has 0 saturated heterocycles. The third-order valence-electron chi connectivity index (χ3n) is 4.40. The topological polar surface area (TPSA) is 132 Å². The van der Waals surface area contributed by atoms with E-state index < -0.39 is 33.0 Å². The van der Waals surface area contributed by atoms with Crippen molar-refractivity contribution in [2.24, 2.45) is 0 Å². The SMILES string of the molecule is O=C1NC(=O)c2cc(-c3ccc([N+](=O)[O-])c([N+](=O)[O-])c3)cc3cccc1c23. The number of benzene rings is 3. The molecule has 1 aliphatic heterocycles. The largest absolute Gasteiger partial charge is 0.346 e. The second-order valence-corrected chi connectivity index (χ2v) is 5.93. The molecule has 1 aliphatic rings. The van der Waals surface area contributed by atoms with Crippen molar-refractivity contribution in [3.63, 3.8) is 0 Å². The van der Waals surface area contributed by atoms with Gasteiger partial charge in [-0.3, -0.25) is 35.1 Å². The maximum atomic E-state index is 12.3. The number of imide groups is 1. The third-order valence-corrected chi connectivity index (χ3v) is 4.40. The Morgan fingerprint density at radius 1 is 0.741 bits per heavy atom. The van der Waals surface area contributed by atoms with Crippen LogP contribution in [-0.4, -0.2) is 21.7 Å². The second kappa shape index (κ2) is 5.70. The van der Waals surface area contributed by atoms with Crippen molar-refractivity contribution in [1.29, 1.82) is 0 Å². The zero-order valence-electron chi connectivity index (χ0n) is 13.5. The summed E-state index contributed by atoms with van der Waals surface area (Å²) in [6, 6.07) is 11.7. The lowest BCUT2D eigenvalue weighted by atomic mass is 9.91. The van der Waals surface area contributed by atoms with E-state index in [1.807, 2.05) is 0 Å². The van der Waals surface area contributed by atoms with Gasteiger partial charge in [-0.15, -0.1) is 0 Å². The molecule has 0 fully saturated rings. The molecule has 132 valence electrons. The Balaban J connectivity index is 1.98. The normalized spacial score (nSPS) is 12.7. The van der Waals surface area contributed by atoms with Crippen molar-refractivity contribution < 1.29 is 19.4 Å². The smallest absolute Gasteiger partial charge is 0.288 e. The summed E-state index contributed by atoms with van der Waals surface area (Å²) in [7, 11) is 0. The summed E-state index contributed by atoms with van der Waals surface area (Å²) < 4.78 is 0. The minimum Gasteiger partial charge on any atom is -0.288 e. The van der Waals surface area contributed by atoms with E-state index in [2.05, 4.69) is 5.32 Å². The number of rotatable bonds is 3. The summed E-state index contributed by atoms with van der Waals surface area (Å²) in [4.78, 5) is 44.8. The maximum Gasteiger partial charge on any atom is 0.346 e. The molecule has 0 saturated carbocycles. The highest BCUT2D eigenvalue weighted by Gasteiger charge is 2.27. The molecule has 3 aromatic carbocycles. The summed E-state index contributed by atoms with van der Waals surface area (Å²) in [6.45, 7) is 0. The van der Waals surface area contributed by atoms with Crippen LogP contribution in [0.2, 0.25) is 0 Å². The van der Waals surface area contributed by atoms with Crippen molar-refractivity contribution in [3.05, 3.63) is 79.9 Å². The molecule has 0 unspecified atom stereocenters. The van der Waals surface area contributed by atoms with Gasteiger partial charge in [0.25, 0.3) is 11.8 Å². The molecule has 27 heavy (non-hydrogen) atoms. The zero-order valence-corrected chi connectivity index (χ0v) is 13.5. The Morgan fingerprint density at radius 3 is 2.15 bits per heavy atom. The number of carbonyl (C=O) groups excluding carboxylic acids is 2. The molecule has 1 N–H and O–H groups in total. The monoisotopic (exact) mass is 363 g/mol. The number of nitro benzene ring substituents is 2. The van der Waals surface area contributed by atoms with Crippen LogP contribution in [0.3, 0.4) is 0 Å². The quantitative estimate of drug-likeness (QED) is 0.431. The zero-order chi connectivity index (χ0) is 19.3. The fraction of sp³-hybridized carbons (Fsp3) is 0. The summed E-state index contributed by atoms with van der Waals surface area (Å²) >= 11 is 0. The van der Waals surface area contributed by atoms with E-state index in [4.69, 9.17) is 0 Å². The van der Waals surface area contributed by atoms with Crippen LogP contribution in [0.4, 0.5) is 11.4 Å². The molecule has 1 heterocycles. The van der Waals surface area contributed by atoms with E-state index in [-0.39, 0.29) is 5.56 Å². The first-order valence-corrected chi connectivity index (χ1v) is 7.72. The lowest BCUT2D eigenvalue weighted by molar-refractivity contribution is -0.422. The van der Waals surface area contributed by atoms with Crippen LogP contribution in [-0.2, 0) is 0 Å². The van der Waals surface area contributed by atoms with Gasteiger partial charge in [0.1, 0.15) is 0 Å². The molecule has 2 amide bonds. The highest BCUT2D eigenvalue weighted by molar-refractivity contribution is 6.26. The molecule has 0 aromatic heterocycles. The lowest BCUT2D eigenvalue weighted by Gasteiger charge is -2.17. The molecule has 0 bridgehead atoms. The number of hydrogen-bond donors (Lipinski definition) is 1. The number of nitrogens with zero attached hydrogens (tertiary/aromatic N) is 2. The van der Waals surface area contributed by atoms with Gasteiger partial charge in [0, 0.05) is 28.6 Å². The summed E-state index contributed by atoms with van der Waals surface area (Å²) in [5, 5.41) is 25.5. The molecule has 0 atom stereocenters. The van der Waals surface area contributed by atoms with Gasteiger partial charge in [-0.05, 0) is 40.8 Å². The van der Waals surface area contributed by atoms with E-state index in [0.29, 0.717) is 27.5 Å². The van der Waals surface area contributed by atoms with Crippen LogP contribution in [0.1, 0.15) is 20.7 Å². The number of hydrogen-bond acceptors (Lipinski definition) is 6. The van der Waals surface area contributed by atoms with Gasteiger partial charge in [0.05, 0.1) is 9.85 Å². The van der Waals surface area contributed by atoms with E-state index in [9.17, 15) is 29.8 Å². The van der Waals surface area contributed by atoms with Crippen LogP contribution >= 0.6 is 0 Å². The molecule has 0 spiro atoms. The van der Waals surface area contributed by atoms with Crippen molar-refractivity contribution in [2.45, 2.75) is 0 Å². The summed E-state index contributed by atoms with van der Waals surface area (Å²) in [5.41, 5.74) is 0.191. The fourth-order valence-electron chi connectivity index (χ4n) is 3.20. The van der Waals surface area contributed by atoms with Crippen LogP contribution < -0.4 is 5.32 Å². The Hall–Kier alpha value is -4.14. The van der Waals surface area contributed by atoms with Crippen molar-refractivity contribution in [2.75, 3.05) is 0 Å². The first-order chi connectivity index (χ1) is 12.9. The van der Waals surface area contributed by atoms with E-state index in [1.54, 1.807) is 24.3 Å². The number of nitro groups is 2. The van der Waals surface area contributed by atoms with Gasteiger partial charge in [0.2, 0.25) is 0 Å². The van der Waals surface area contributed by atoms with Crippen LogP contribution in [0.15, 0.2) is 48.5 Å². The van der Waals surface area contributed by atoms with Crippen LogP contribution in [0, 0.1) is 20.2 Å². The average molecular weight is 363 g/mol. The Kier molecular flexibility index (Phi) is 3.45. The highest BCUT2D eigenvalue weighted by atomic mass is 16.6. The number of nitrogens with one attached hydrogen (secondary N) is 1. The maximum absolute atomic E-state index is 12.3. The Morgan fingerprint density at radius 2 is 1.44 bits per heavy atom. The molecule has 4 rings (SSSR count). The number of carbonyl (C=O) groups is 2. The molecular formula is C18H9N3O6. The Labute approximate surface area is 150 Å². The first kappa shape index (κ1) is 16.3. The highest BCUT2D eigenvalue weighted by Crippen LogP contribution is 2.35. The standard InChI is InChI=1S/C18H9N3O6/c22-17-12-3-1-2-10-6-11(7-13(16(10)12)18(23)19-17)9-4-5-14(20(24)25)15(8-9)21(26)27/h1-8H,(H,19,22,23). The molecule has 9 heteroatoms. The van der Waals surface area contributed by atoms with Gasteiger partial charge in [-0.25, -0.2) is 0 Å². The summed E-state index contributed by atoms with van der Waals surface area (Å²) in [5.74, 6) is -1.06. The average Bonchev–Trinajstić information content (AvgIpc) is 2.64. The van der Waals surface area contributed by atoms with E-state index in [0.717, 1.165) is 12.1 Å². The minimum absolute atomic E-state index is 0.263. The van der Waals surface area contributed by atoms with Gasteiger partial charge in [0.15, 0.2) is 0 Å². The third kappa shape index (κ3) is 2.49. The molecular weight excluding hydrogens is 354 g/mol. The number of amides is 2. The predicted octanol–water partition coefficient (Wildman–Crippen LogP) is 3.21. The molecule has 9 nitrogen and oxygen atoms in total. The minimum atomic E-state index is -0.823. The van der Waals surface area contributed by atoms with Crippen molar-refractivity contribution in [3.8, 4) is 11.1 Å².